The number of halogens is 2. The average molecular weight is 275 g/mol. The summed E-state index contributed by atoms with van der Waals surface area (Å²) in [6, 6.07) is 4.27. The van der Waals surface area contributed by atoms with Gasteiger partial charge in [0.2, 0.25) is 0 Å². The Bertz CT molecular complexity index is 666. The molecule has 1 aromatic heterocycles. The second-order valence-electron chi connectivity index (χ2n) is 5.07. The Hall–Kier alpha value is -2.04. The molecule has 1 heterocycles. The van der Waals surface area contributed by atoms with Crippen molar-refractivity contribution >= 4 is 5.82 Å². The highest BCUT2D eigenvalue weighted by Gasteiger charge is 2.28. The van der Waals surface area contributed by atoms with Gasteiger partial charge in [-0.05, 0) is 31.4 Å². The van der Waals surface area contributed by atoms with Crippen LogP contribution in [0.3, 0.4) is 0 Å². The molecular formula is C15H15F2N3. The molecule has 1 N–H and O–H groups in total. The summed E-state index contributed by atoms with van der Waals surface area (Å²) in [4.78, 5) is 8.70. The standard InChI is InChI=1S/C15H15F2N3/c1-8-3-6-10(16)13(14(8)17)11-7-12(18-2)20-15(19-11)9-4-5-9/h3,6-7,9H,4-5H2,1-2H3,(H,18,19,20). The fraction of sp³-hybridized carbons (Fsp3) is 0.333. The summed E-state index contributed by atoms with van der Waals surface area (Å²) in [5.74, 6) is 0.394. The van der Waals surface area contributed by atoms with Crippen LogP contribution in [0, 0.1) is 18.6 Å². The monoisotopic (exact) mass is 275 g/mol. The van der Waals surface area contributed by atoms with Crippen LogP contribution in [0.5, 0.6) is 0 Å². The molecule has 20 heavy (non-hydrogen) atoms. The molecule has 0 saturated heterocycles. The highest BCUT2D eigenvalue weighted by Crippen LogP contribution is 2.39. The lowest BCUT2D eigenvalue weighted by Crippen LogP contribution is -2.03. The van der Waals surface area contributed by atoms with Crippen molar-refractivity contribution in [2.45, 2.75) is 25.7 Å². The Labute approximate surface area is 116 Å². The van der Waals surface area contributed by atoms with E-state index >= 15 is 0 Å². The van der Waals surface area contributed by atoms with E-state index in [2.05, 4.69) is 15.3 Å². The molecule has 0 bridgehead atoms. The molecule has 1 aromatic carbocycles. The zero-order valence-electron chi connectivity index (χ0n) is 11.4. The molecule has 0 unspecified atom stereocenters. The topological polar surface area (TPSA) is 37.8 Å². The summed E-state index contributed by atoms with van der Waals surface area (Å²) >= 11 is 0. The van der Waals surface area contributed by atoms with Crippen molar-refractivity contribution in [3.05, 3.63) is 41.2 Å². The second kappa shape index (κ2) is 4.81. The van der Waals surface area contributed by atoms with E-state index in [1.807, 2.05) is 0 Å². The highest BCUT2D eigenvalue weighted by molar-refractivity contribution is 5.65. The predicted molar refractivity (Wildman–Crippen MR) is 73.6 cm³/mol. The number of benzene rings is 1. The van der Waals surface area contributed by atoms with Crippen LogP contribution >= 0.6 is 0 Å². The molecule has 0 aliphatic heterocycles. The van der Waals surface area contributed by atoms with E-state index in [1.165, 1.54) is 12.1 Å². The van der Waals surface area contributed by atoms with Crippen LogP contribution < -0.4 is 5.32 Å². The van der Waals surface area contributed by atoms with E-state index in [0.717, 1.165) is 12.8 Å². The molecule has 0 atom stereocenters. The van der Waals surface area contributed by atoms with Gasteiger partial charge in [-0.1, -0.05) is 6.07 Å². The Balaban J connectivity index is 2.18. The molecule has 0 radical (unpaired) electrons. The first-order valence-electron chi connectivity index (χ1n) is 6.62. The van der Waals surface area contributed by atoms with Gasteiger partial charge in [0.1, 0.15) is 23.3 Å². The van der Waals surface area contributed by atoms with Gasteiger partial charge >= 0.3 is 0 Å². The number of aromatic nitrogens is 2. The van der Waals surface area contributed by atoms with Crippen LogP contribution in [0.25, 0.3) is 11.3 Å². The van der Waals surface area contributed by atoms with Crippen molar-refractivity contribution in [3.63, 3.8) is 0 Å². The molecule has 1 fully saturated rings. The molecule has 0 spiro atoms. The number of hydrogen-bond donors (Lipinski definition) is 1. The van der Waals surface area contributed by atoms with Crippen LogP contribution in [0.4, 0.5) is 14.6 Å². The zero-order chi connectivity index (χ0) is 14.3. The van der Waals surface area contributed by atoms with Gasteiger partial charge in [-0.15, -0.1) is 0 Å². The minimum Gasteiger partial charge on any atom is -0.373 e. The van der Waals surface area contributed by atoms with Crippen LogP contribution in [-0.2, 0) is 0 Å². The van der Waals surface area contributed by atoms with Crippen molar-refractivity contribution < 1.29 is 8.78 Å². The van der Waals surface area contributed by atoms with E-state index in [0.29, 0.717) is 28.8 Å². The van der Waals surface area contributed by atoms with Gasteiger partial charge in [0.05, 0.1) is 11.3 Å². The van der Waals surface area contributed by atoms with Gasteiger partial charge in [0.15, 0.2) is 0 Å². The Kier molecular flexibility index (Phi) is 3.12. The molecule has 104 valence electrons. The summed E-state index contributed by atoms with van der Waals surface area (Å²) in [5.41, 5.74) is 0.620. The summed E-state index contributed by atoms with van der Waals surface area (Å²) in [5, 5.41) is 2.92. The fourth-order valence-electron chi connectivity index (χ4n) is 2.14. The van der Waals surface area contributed by atoms with Gasteiger partial charge in [-0.2, -0.15) is 0 Å². The summed E-state index contributed by atoms with van der Waals surface area (Å²) in [6.07, 6.45) is 2.07. The summed E-state index contributed by atoms with van der Waals surface area (Å²) < 4.78 is 28.2. The maximum absolute atomic E-state index is 14.2. The normalized spacial score (nSPS) is 14.4. The first-order chi connectivity index (χ1) is 9.60. The van der Waals surface area contributed by atoms with Crippen molar-refractivity contribution in [3.8, 4) is 11.3 Å². The maximum Gasteiger partial charge on any atom is 0.138 e. The van der Waals surface area contributed by atoms with Crippen molar-refractivity contribution in [2.24, 2.45) is 0 Å². The third-order valence-corrected chi connectivity index (χ3v) is 3.48. The number of anilines is 1. The van der Waals surface area contributed by atoms with Crippen LogP contribution in [0.2, 0.25) is 0 Å². The zero-order valence-corrected chi connectivity index (χ0v) is 11.4. The van der Waals surface area contributed by atoms with E-state index in [9.17, 15) is 8.78 Å². The number of nitrogens with zero attached hydrogens (tertiary/aromatic N) is 2. The first kappa shape index (κ1) is 13.0. The van der Waals surface area contributed by atoms with Crippen molar-refractivity contribution in [1.29, 1.82) is 0 Å². The molecule has 1 saturated carbocycles. The lowest BCUT2D eigenvalue weighted by atomic mass is 10.1. The van der Waals surface area contributed by atoms with E-state index < -0.39 is 11.6 Å². The van der Waals surface area contributed by atoms with Crippen LogP contribution in [-0.4, -0.2) is 17.0 Å². The highest BCUT2D eigenvalue weighted by atomic mass is 19.1. The maximum atomic E-state index is 14.2. The minimum atomic E-state index is -0.601. The number of aryl methyl sites for hydroxylation is 1. The number of hydrogen-bond acceptors (Lipinski definition) is 3. The molecule has 3 nitrogen and oxygen atoms in total. The lowest BCUT2D eigenvalue weighted by molar-refractivity contribution is 0.582. The van der Waals surface area contributed by atoms with Crippen molar-refractivity contribution in [1.82, 2.24) is 9.97 Å². The van der Waals surface area contributed by atoms with Crippen molar-refractivity contribution in [2.75, 3.05) is 12.4 Å². The van der Waals surface area contributed by atoms with Gasteiger partial charge in [-0.3, -0.25) is 0 Å². The molecular weight excluding hydrogens is 260 g/mol. The summed E-state index contributed by atoms with van der Waals surface area (Å²) in [6.45, 7) is 1.61. The quantitative estimate of drug-likeness (QED) is 0.929. The van der Waals surface area contributed by atoms with E-state index in [1.54, 1.807) is 20.0 Å². The lowest BCUT2D eigenvalue weighted by Gasteiger charge is -2.10. The SMILES string of the molecule is CNc1cc(-c2c(F)ccc(C)c2F)nc(C2CC2)n1. The first-order valence-corrected chi connectivity index (χ1v) is 6.62. The van der Waals surface area contributed by atoms with Crippen LogP contribution in [0.15, 0.2) is 18.2 Å². The summed E-state index contributed by atoms with van der Waals surface area (Å²) in [7, 11) is 1.73. The van der Waals surface area contributed by atoms with Crippen LogP contribution in [0.1, 0.15) is 30.1 Å². The molecule has 1 aliphatic rings. The van der Waals surface area contributed by atoms with Gasteiger partial charge in [-0.25, -0.2) is 18.7 Å². The Morgan fingerprint density at radius 3 is 2.60 bits per heavy atom. The molecule has 1 aliphatic carbocycles. The average Bonchev–Trinajstić information content (AvgIpc) is 3.27. The van der Waals surface area contributed by atoms with Gasteiger partial charge in [0.25, 0.3) is 0 Å². The Morgan fingerprint density at radius 1 is 1.20 bits per heavy atom. The van der Waals surface area contributed by atoms with Gasteiger partial charge in [0, 0.05) is 19.0 Å². The third kappa shape index (κ3) is 2.24. The number of nitrogens with one attached hydrogen (secondary N) is 1. The fourth-order valence-corrected chi connectivity index (χ4v) is 2.14. The van der Waals surface area contributed by atoms with E-state index in [-0.39, 0.29) is 5.56 Å². The largest absolute Gasteiger partial charge is 0.373 e. The molecule has 0 amide bonds. The Morgan fingerprint density at radius 2 is 1.95 bits per heavy atom. The smallest absolute Gasteiger partial charge is 0.138 e. The molecule has 2 aromatic rings. The molecule has 5 heteroatoms. The minimum absolute atomic E-state index is 0.0780. The molecule has 3 rings (SSSR count). The van der Waals surface area contributed by atoms with Gasteiger partial charge < -0.3 is 5.32 Å². The van der Waals surface area contributed by atoms with E-state index in [4.69, 9.17) is 0 Å². The third-order valence-electron chi connectivity index (χ3n) is 3.48. The number of rotatable bonds is 3. The second-order valence-corrected chi connectivity index (χ2v) is 5.07. The predicted octanol–water partition coefficient (Wildman–Crippen LogP) is 3.65.